The van der Waals surface area contributed by atoms with Crippen LogP contribution in [0.5, 0.6) is 0 Å². The summed E-state index contributed by atoms with van der Waals surface area (Å²) in [5.74, 6) is 2.17. The molecule has 0 atom stereocenters. The largest absolute Gasteiger partial charge is 0.383 e. The van der Waals surface area contributed by atoms with Crippen molar-refractivity contribution in [2.75, 3.05) is 49.8 Å². The first-order valence-electron chi connectivity index (χ1n) is 10.6. The number of ether oxygens (including phenoxy) is 1. The second kappa shape index (κ2) is 10.7. The molecule has 1 aliphatic heterocycles. The molecule has 1 amide bonds. The Bertz CT molecular complexity index is 1020. The van der Waals surface area contributed by atoms with Gasteiger partial charge in [0.1, 0.15) is 11.5 Å². The highest BCUT2D eigenvalue weighted by Crippen LogP contribution is 2.34. The predicted molar refractivity (Wildman–Crippen MR) is 124 cm³/mol. The zero-order chi connectivity index (χ0) is 22.3. The second-order valence-corrected chi connectivity index (χ2v) is 8.73. The first-order valence-corrected chi connectivity index (χ1v) is 11.7. The van der Waals surface area contributed by atoms with Crippen molar-refractivity contribution in [2.45, 2.75) is 6.54 Å². The minimum Gasteiger partial charge on any atom is -0.383 e. The molecule has 0 bridgehead atoms. The lowest BCUT2D eigenvalue weighted by Crippen LogP contribution is -2.36. The summed E-state index contributed by atoms with van der Waals surface area (Å²) in [6.45, 7) is 2.82. The number of carbonyl (C=O) groups excluding carboxylic acids is 1. The monoisotopic (exact) mass is 455 g/mol. The van der Waals surface area contributed by atoms with Crippen molar-refractivity contribution in [3.8, 4) is 11.3 Å². The molecule has 2 aromatic carbocycles. The Morgan fingerprint density at radius 3 is 2.56 bits per heavy atom. The van der Waals surface area contributed by atoms with E-state index in [9.17, 15) is 9.18 Å². The van der Waals surface area contributed by atoms with E-state index in [2.05, 4.69) is 10.1 Å². The normalized spacial score (nSPS) is 13.9. The SMILES string of the molecule is COCCN(Cc1c(-c2ccccc2)noc1N1CCSCC1)C(=O)c1ccc(F)cc1. The third-order valence-corrected chi connectivity index (χ3v) is 6.35. The van der Waals surface area contributed by atoms with Crippen LogP contribution >= 0.6 is 11.8 Å². The lowest BCUT2D eigenvalue weighted by molar-refractivity contribution is 0.0680. The molecular weight excluding hydrogens is 429 g/mol. The van der Waals surface area contributed by atoms with E-state index in [1.54, 1.807) is 12.0 Å². The maximum absolute atomic E-state index is 13.4. The fourth-order valence-corrected chi connectivity index (χ4v) is 4.60. The van der Waals surface area contributed by atoms with Crippen molar-refractivity contribution in [3.05, 3.63) is 71.5 Å². The van der Waals surface area contributed by atoms with Crippen LogP contribution < -0.4 is 4.90 Å². The number of amides is 1. The molecule has 0 spiro atoms. The summed E-state index contributed by atoms with van der Waals surface area (Å²) in [5, 5.41) is 4.40. The van der Waals surface area contributed by atoms with Gasteiger partial charge in [-0.2, -0.15) is 11.8 Å². The maximum atomic E-state index is 13.4. The molecule has 1 aliphatic rings. The Hall–Kier alpha value is -2.84. The van der Waals surface area contributed by atoms with Gasteiger partial charge >= 0.3 is 0 Å². The van der Waals surface area contributed by atoms with Gasteiger partial charge in [-0.25, -0.2) is 4.39 Å². The number of hydrogen-bond acceptors (Lipinski definition) is 6. The number of hydrogen-bond donors (Lipinski definition) is 0. The average molecular weight is 456 g/mol. The van der Waals surface area contributed by atoms with Crippen LogP contribution in [-0.4, -0.2) is 60.8 Å². The first kappa shape index (κ1) is 22.4. The lowest BCUT2D eigenvalue weighted by Gasteiger charge is -2.28. The van der Waals surface area contributed by atoms with Crippen LogP contribution in [0.3, 0.4) is 0 Å². The van der Waals surface area contributed by atoms with E-state index in [1.165, 1.54) is 24.3 Å². The van der Waals surface area contributed by atoms with Gasteiger partial charge in [0.25, 0.3) is 5.91 Å². The second-order valence-electron chi connectivity index (χ2n) is 7.51. The van der Waals surface area contributed by atoms with Gasteiger partial charge in [-0.1, -0.05) is 35.5 Å². The third-order valence-electron chi connectivity index (χ3n) is 5.41. The molecule has 32 heavy (non-hydrogen) atoms. The highest BCUT2D eigenvalue weighted by atomic mass is 32.2. The van der Waals surface area contributed by atoms with E-state index in [1.807, 2.05) is 42.1 Å². The van der Waals surface area contributed by atoms with Gasteiger partial charge in [-0.05, 0) is 24.3 Å². The molecule has 3 aromatic rings. The molecule has 1 saturated heterocycles. The summed E-state index contributed by atoms with van der Waals surface area (Å²) in [4.78, 5) is 17.2. The van der Waals surface area contributed by atoms with Crippen LogP contribution in [-0.2, 0) is 11.3 Å². The molecular formula is C24H26FN3O3S. The Balaban J connectivity index is 1.70. The van der Waals surface area contributed by atoms with Gasteiger partial charge in [-0.15, -0.1) is 0 Å². The van der Waals surface area contributed by atoms with Crippen LogP contribution in [0.2, 0.25) is 0 Å². The summed E-state index contributed by atoms with van der Waals surface area (Å²) < 4.78 is 24.5. The van der Waals surface area contributed by atoms with Gasteiger partial charge in [0, 0.05) is 49.4 Å². The highest BCUT2D eigenvalue weighted by Gasteiger charge is 2.27. The molecule has 8 heteroatoms. The quantitative estimate of drug-likeness (QED) is 0.504. The van der Waals surface area contributed by atoms with Crippen molar-refractivity contribution in [1.29, 1.82) is 0 Å². The van der Waals surface area contributed by atoms with E-state index in [-0.39, 0.29) is 11.7 Å². The topological polar surface area (TPSA) is 58.8 Å². The number of thioether (sulfide) groups is 1. The third kappa shape index (κ3) is 5.14. The number of halogens is 1. The van der Waals surface area contributed by atoms with E-state index in [0.29, 0.717) is 31.1 Å². The minimum atomic E-state index is -0.374. The molecule has 0 unspecified atom stereocenters. The molecule has 2 heterocycles. The molecule has 1 fully saturated rings. The molecule has 0 aliphatic carbocycles. The van der Waals surface area contributed by atoms with Crippen molar-refractivity contribution in [3.63, 3.8) is 0 Å². The minimum absolute atomic E-state index is 0.192. The summed E-state index contributed by atoms with van der Waals surface area (Å²) in [6.07, 6.45) is 0. The van der Waals surface area contributed by atoms with Gasteiger partial charge in [-0.3, -0.25) is 4.79 Å². The van der Waals surface area contributed by atoms with Crippen LogP contribution in [0.25, 0.3) is 11.3 Å². The Labute approximate surface area is 191 Å². The lowest BCUT2D eigenvalue weighted by atomic mass is 10.1. The van der Waals surface area contributed by atoms with Crippen molar-refractivity contribution in [1.82, 2.24) is 10.1 Å². The summed E-state index contributed by atoms with van der Waals surface area (Å²) in [5.41, 5.74) is 2.96. The maximum Gasteiger partial charge on any atom is 0.254 e. The zero-order valence-electron chi connectivity index (χ0n) is 18.0. The van der Waals surface area contributed by atoms with Crippen molar-refractivity contribution < 1.29 is 18.4 Å². The molecule has 0 saturated carbocycles. The molecule has 4 rings (SSSR count). The number of nitrogens with zero attached hydrogens (tertiary/aromatic N) is 3. The summed E-state index contributed by atoms with van der Waals surface area (Å²) in [7, 11) is 1.60. The standard InChI is InChI=1S/C24H26FN3O3S/c1-30-14-11-28(23(29)19-7-9-20(25)10-8-19)17-21-22(18-5-3-2-4-6-18)26-31-24(21)27-12-15-32-16-13-27/h2-10H,11-17H2,1H3. The molecule has 6 nitrogen and oxygen atoms in total. The van der Waals surface area contributed by atoms with Crippen LogP contribution in [0, 0.1) is 5.82 Å². The van der Waals surface area contributed by atoms with E-state index >= 15 is 0 Å². The Morgan fingerprint density at radius 2 is 1.88 bits per heavy atom. The van der Waals surface area contributed by atoms with Gasteiger partial charge in [0.15, 0.2) is 0 Å². The van der Waals surface area contributed by atoms with Crippen molar-refractivity contribution >= 4 is 23.6 Å². The van der Waals surface area contributed by atoms with Crippen LogP contribution in [0.4, 0.5) is 10.3 Å². The van der Waals surface area contributed by atoms with Gasteiger partial charge in [0.05, 0.1) is 18.7 Å². The number of aromatic nitrogens is 1. The molecule has 0 N–H and O–H groups in total. The van der Waals surface area contributed by atoms with Gasteiger partial charge in [0.2, 0.25) is 5.88 Å². The molecule has 1 aromatic heterocycles. The fourth-order valence-electron chi connectivity index (χ4n) is 3.70. The van der Waals surface area contributed by atoms with E-state index in [0.717, 1.165) is 41.4 Å². The highest BCUT2D eigenvalue weighted by molar-refractivity contribution is 7.99. The molecule has 168 valence electrons. The van der Waals surface area contributed by atoms with Crippen LogP contribution in [0.1, 0.15) is 15.9 Å². The average Bonchev–Trinajstić information content (AvgIpc) is 3.26. The fraction of sp³-hybridized carbons (Fsp3) is 0.333. The Kier molecular flexibility index (Phi) is 7.44. The number of methoxy groups -OCH3 is 1. The van der Waals surface area contributed by atoms with Crippen LogP contribution in [0.15, 0.2) is 59.1 Å². The van der Waals surface area contributed by atoms with Gasteiger partial charge < -0.3 is 19.1 Å². The first-order chi connectivity index (χ1) is 15.7. The number of carbonyl (C=O) groups is 1. The smallest absolute Gasteiger partial charge is 0.254 e. The number of rotatable bonds is 8. The summed E-state index contributed by atoms with van der Waals surface area (Å²) in [6, 6.07) is 15.4. The predicted octanol–water partition coefficient (Wildman–Crippen LogP) is 4.32. The summed E-state index contributed by atoms with van der Waals surface area (Å²) >= 11 is 1.92. The van der Waals surface area contributed by atoms with E-state index < -0.39 is 0 Å². The Morgan fingerprint density at radius 1 is 1.16 bits per heavy atom. The van der Waals surface area contributed by atoms with Crippen molar-refractivity contribution in [2.24, 2.45) is 0 Å². The number of anilines is 1. The molecule has 0 radical (unpaired) electrons. The number of benzene rings is 2. The van der Waals surface area contributed by atoms with E-state index in [4.69, 9.17) is 9.26 Å². The zero-order valence-corrected chi connectivity index (χ0v) is 18.8.